The van der Waals surface area contributed by atoms with Gasteiger partial charge >= 0.3 is 0 Å². The van der Waals surface area contributed by atoms with Crippen molar-refractivity contribution >= 4 is 10.8 Å². The molecule has 0 amide bonds. The van der Waals surface area contributed by atoms with Crippen molar-refractivity contribution in [3.8, 4) is 17.5 Å². The molecule has 0 spiro atoms. The highest BCUT2D eigenvalue weighted by atomic mass is 16.1. The number of nitrogens with zero attached hydrogens (tertiary/aromatic N) is 2. The number of aryl methyl sites for hydroxylation is 2. The maximum atomic E-state index is 13.5. The van der Waals surface area contributed by atoms with Crippen LogP contribution in [0.3, 0.4) is 0 Å². The van der Waals surface area contributed by atoms with Gasteiger partial charge in [-0.15, -0.1) is 0 Å². The molecule has 0 aliphatic heterocycles. The molecule has 0 bridgehead atoms. The number of benzene rings is 2. The van der Waals surface area contributed by atoms with Gasteiger partial charge in [-0.05, 0) is 55.1 Å². The Balaban J connectivity index is 1.98. The molecule has 3 nitrogen and oxygen atoms in total. The van der Waals surface area contributed by atoms with E-state index >= 15 is 0 Å². The standard InChI is InChI=1S/C25H20N2O/c1-3-22-17-21-10-7-9-20(15-14-19-11-8-16-26-18(19)2)24(21)25(28)27(22)23-12-5-4-6-13-23/h4-13,16-17H,3H2,1-2H3. The van der Waals surface area contributed by atoms with E-state index in [4.69, 9.17) is 0 Å². The molecule has 0 saturated heterocycles. The third-order valence-corrected chi connectivity index (χ3v) is 4.84. The minimum atomic E-state index is -0.0339. The Bertz CT molecular complexity index is 1270. The van der Waals surface area contributed by atoms with E-state index in [9.17, 15) is 4.79 Å². The first kappa shape index (κ1) is 17.8. The summed E-state index contributed by atoms with van der Waals surface area (Å²) < 4.78 is 1.79. The first-order valence-electron chi connectivity index (χ1n) is 9.35. The summed E-state index contributed by atoms with van der Waals surface area (Å²) in [6.07, 6.45) is 2.52. The van der Waals surface area contributed by atoms with Crippen LogP contribution in [0.15, 0.2) is 77.7 Å². The van der Waals surface area contributed by atoms with Gasteiger partial charge in [0, 0.05) is 28.7 Å². The van der Waals surface area contributed by atoms with Crippen LogP contribution in [0.2, 0.25) is 0 Å². The molecular weight excluding hydrogens is 344 g/mol. The highest BCUT2D eigenvalue weighted by Crippen LogP contribution is 2.19. The summed E-state index contributed by atoms with van der Waals surface area (Å²) in [5, 5.41) is 1.57. The molecule has 2 heterocycles. The van der Waals surface area contributed by atoms with Crippen LogP contribution in [0.5, 0.6) is 0 Å². The molecule has 0 radical (unpaired) electrons. The van der Waals surface area contributed by atoms with Gasteiger partial charge in [-0.1, -0.05) is 49.1 Å². The zero-order chi connectivity index (χ0) is 19.5. The molecular formula is C25H20N2O. The molecule has 28 heavy (non-hydrogen) atoms. The van der Waals surface area contributed by atoms with Gasteiger partial charge in [-0.2, -0.15) is 0 Å². The number of hydrogen-bond donors (Lipinski definition) is 0. The van der Waals surface area contributed by atoms with Crippen molar-refractivity contribution in [1.82, 2.24) is 9.55 Å². The normalized spacial score (nSPS) is 10.5. The number of aromatic nitrogens is 2. The lowest BCUT2D eigenvalue weighted by Gasteiger charge is -2.14. The molecule has 0 aliphatic rings. The first-order chi connectivity index (χ1) is 13.7. The Morgan fingerprint density at radius 1 is 0.929 bits per heavy atom. The summed E-state index contributed by atoms with van der Waals surface area (Å²) in [6.45, 7) is 4.00. The zero-order valence-corrected chi connectivity index (χ0v) is 15.9. The molecule has 4 aromatic rings. The van der Waals surface area contributed by atoms with Crippen LogP contribution in [0.25, 0.3) is 16.5 Å². The van der Waals surface area contributed by atoms with Gasteiger partial charge in [0.25, 0.3) is 5.56 Å². The second-order valence-corrected chi connectivity index (χ2v) is 6.62. The van der Waals surface area contributed by atoms with Gasteiger partial charge in [0.15, 0.2) is 0 Å². The molecule has 4 rings (SSSR count). The molecule has 0 unspecified atom stereocenters. The average molecular weight is 364 g/mol. The zero-order valence-electron chi connectivity index (χ0n) is 15.9. The van der Waals surface area contributed by atoms with E-state index in [0.717, 1.165) is 40.0 Å². The van der Waals surface area contributed by atoms with Gasteiger partial charge < -0.3 is 0 Å². The van der Waals surface area contributed by atoms with Crippen molar-refractivity contribution in [3.63, 3.8) is 0 Å². The summed E-state index contributed by atoms with van der Waals surface area (Å²) in [5.74, 6) is 6.37. The van der Waals surface area contributed by atoms with Gasteiger partial charge in [-0.3, -0.25) is 14.3 Å². The quantitative estimate of drug-likeness (QED) is 0.485. The Morgan fingerprint density at radius 2 is 1.68 bits per heavy atom. The van der Waals surface area contributed by atoms with Crippen molar-refractivity contribution in [3.05, 3.63) is 106 Å². The van der Waals surface area contributed by atoms with Crippen molar-refractivity contribution in [2.24, 2.45) is 0 Å². The fraction of sp³-hybridized carbons (Fsp3) is 0.120. The molecule has 3 heteroatoms. The topological polar surface area (TPSA) is 34.9 Å². The molecule has 0 aliphatic carbocycles. The molecule has 0 saturated carbocycles. The van der Waals surface area contributed by atoms with E-state index in [2.05, 4.69) is 29.8 Å². The van der Waals surface area contributed by atoms with E-state index in [0.29, 0.717) is 5.39 Å². The lowest BCUT2D eigenvalue weighted by atomic mass is 10.0. The van der Waals surface area contributed by atoms with Gasteiger partial charge in [0.05, 0.1) is 11.1 Å². The Hall–Kier alpha value is -3.64. The third kappa shape index (κ3) is 3.21. The van der Waals surface area contributed by atoms with E-state index in [1.165, 1.54) is 0 Å². The number of pyridine rings is 2. The maximum Gasteiger partial charge on any atom is 0.264 e. The molecule has 0 fully saturated rings. The number of rotatable bonds is 2. The molecule has 136 valence electrons. The van der Waals surface area contributed by atoms with Gasteiger partial charge in [0.1, 0.15) is 0 Å². The fourth-order valence-electron chi connectivity index (χ4n) is 3.39. The van der Waals surface area contributed by atoms with Crippen molar-refractivity contribution in [1.29, 1.82) is 0 Å². The second-order valence-electron chi connectivity index (χ2n) is 6.62. The van der Waals surface area contributed by atoms with Gasteiger partial charge in [-0.25, -0.2) is 0 Å². The third-order valence-electron chi connectivity index (χ3n) is 4.84. The van der Waals surface area contributed by atoms with Crippen LogP contribution in [0.1, 0.15) is 29.4 Å². The number of hydrogen-bond acceptors (Lipinski definition) is 2. The Kier molecular flexibility index (Phi) is 4.78. The van der Waals surface area contributed by atoms with E-state index in [-0.39, 0.29) is 5.56 Å². The lowest BCUT2D eigenvalue weighted by Crippen LogP contribution is -2.22. The highest BCUT2D eigenvalue weighted by molar-refractivity contribution is 5.88. The molecule has 2 aromatic carbocycles. The predicted octanol–water partition coefficient (Wildman–Crippen LogP) is 4.66. The van der Waals surface area contributed by atoms with Crippen LogP contribution in [-0.2, 0) is 6.42 Å². The Labute approximate surface area is 164 Å². The Morgan fingerprint density at radius 3 is 2.43 bits per heavy atom. The lowest BCUT2D eigenvalue weighted by molar-refractivity contribution is 0.889. The van der Waals surface area contributed by atoms with Crippen LogP contribution in [0, 0.1) is 18.8 Å². The summed E-state index contributed by atoms with van der Waals surface area (Å²) in [6, 6.07) is 21.5. The van der Waals surface area contributed by atoms with E-state index < -0.39 is 0 Å². The molecule has 0 N–H and O–H groups in total. The van der Waals surface area contributed by atoms with Crippen molar-refractivity contribution in [2.45, 2.75) is 20.3 Å². The number of para-hydroxylation sites is 1. The monoisotopic (exact) mass is 364 g/mol. The van der Waals surface area contributed by atoms with Crippen LogP contribution >= 0.6 is 0 Å². The summed E-state index contributed by atoms with van der Waals surface area (Å²) in [5.41, 5.74) is 4.30. The second kappa shape index (κ2) is 7.54. The summed E-state index contributed by atoms with van der Waals surface area (Å²) in [4.78, 5) is 17.8. The van der Waals surface area contributed by atoms with Gasteiger partial charge in [0.2, 0.25) is 0 Å². The minimum absolute atomic E-state index is 0.0339. The average Bonchev–Trinajstić information content (AvgIpc) is 2.73. The minimum Gasteiger partial charge on any atom is -0.281 e. The van der Waals surface area contributed by atoms with E-state index in [1.807, 2.05) is 67.6 Å². The predicted molar refractivity (Wildman–Crippen MR) is 114 cm³/mol. The number of fused-ring (bicyclic) bond motifs is 1. The largest absolute Gasteiger partial charge is 0.281 e. The smallest absolute Gasteiger partial charge is 0.264 e. The van der Waals surface area contributed by atoms with E-state index in [1.54, 1.807) is 10.8 Å². The van der Waals surface area contributed by atoms with Crippen molar-refractivity contribution < 1.29 is 0 Å². The summed E-state index contributed by atoms with van der Waals surface area (Å²) in [7, 11) is 0. The van der Waals surface area contributed by atoms with Crippen LogP contribution in [0.4, 0.5) is 0 Å². The summed E-state index contributed by atoms with van der Waals surface area (Å²) >= 11 is 0. The van der Waals surface area contributed by atoms with Crippen LogP contribution < -0.4 is 5.56 Å². The maximum absolute atomic E-state index is 13.5. The molecule has 2 aromatic heterocycles. The van der Waals surface area contributed by atoms with Crippen molar-refractivity contribution in [2.75, 3.05) is 0 Å². The fourth-order valence-corrected chi connectivity index (χ4v) is 3.39. The highest BCUT2D eigenvalue weighted by Gasteiger charge is 2.12. The molecule has 0 atom stereocenters. The first-order valence-corrected chi connectivity index (χ1v) is 9.35. The SMILES string of the molecule is CCc1cc2cccc(C#Cc3cccnc3C)c2c(=O)n1-c1ccccc1. The van der Waals surface area contributed by atoms with Crippen LogP contribution in [-0.4, -0.2) is 9.55 Å².